The molecule has 1 spiro atoms. The van der Waals surface area contributed by atoms with Crippen LogP contribution >= 0.6 is 0 Å². The summed E-state index contributed by atoms with van der Waals surface area (Å²) in [5.74, 6) is -5.69. The standard InChI is InChI=1S/C22H44N2.2C4H6O5/c1-5-10-21(11-6-2)12-14-22(15-13-21)16-19-24(20-22)18-9-17-23(7-3)8-4;2*5-2(4(8)9)1-3(6)7/h5-20H2,1-4H3;2*2,5H,1H2,(H,6,7)(H,8,9). The van der Waals surface area contributed by atoms with Gasteiger partial charge in [-0.15, -0.1) is 0 Å². The SMILES string of the molecule is CCCC1(CCC)CCC2(CCN(CCCN(CC)CC)C2)CC1.O=C(O)CC(O)C(=O)O.O=C(O)CC(O)C(=O)O. The summed E-state index contributed by atoms with van der Waals surface area (Å²) < 4.78 is 0. The number of nitrogens with zero attached hydrogens (tertiary/aromatic N) is 2. The van der Waals surface area contributed by atoms with Crippen LogP contribution in [0, 0.1) is 10.8 Å². The molecule has 2 fully saturated rings. The molecule has 1 saturated carbocycles. The highest BCUT2D eigenvalue weighted by atomic mass is 16.4. The molecular formula is C30H56N2O10. The van der Waals surface area contributed by atoms with Gasteiger partial charge in [0.1, 0.15) is 0 Å². The molecule has 12 heteroatoms. The Balaban J connectivity index is 0.000000768. The summed E-state index contributed by atoms with van der Waals surface area (Å²) in [4.78, 5) is 44.2. The average Bonchev–Trinajstić information content (AvgIpc) is 3.31. The van der Waals surface area contributed by atoms with Crippen molar-refractivity contribution in [3.63, 3.8) is 0 Å². The fourth-order valence-electron chi connectivity index (χ4n) is 6.19. The lowest BCUT2D eigenvalue weighted by atomic mass is 9.60. The number of aliphatic hydroxyl groups is 2. The number of hydrogen-bond acceptors (Lipinski definition) is 8. The molecule has 2 aliphatic rings. The summed E-state index contributed by atoms with van der Waals surface area (Å²) in [5.41, 5.74) is 1.41. The number of aliphatic carboxylic acids is 4. The van der Waals surface area contributed by atoms with E-state index < -0.39 is 48.9 Å². The molecule has 0 aromatic carbocycles. The minimum absolute atomic E-state index is 0.695. The van der Waals surface area contributed by atoms with Crippen molar-refractivity contribution in [1.29, 1.82) is 0 Å². The van der Waals surface area contributed by atoms with Crippen LogP contribution in [0.25, 0.3) is 0 Å². The molecule has 42 heavy (non-hydrogen) atoms. The van der Waals surface area contributed by atoms with Gasteiger partial charge in [0.25, 0.3) is 0 Å². The maximum absolute atomic E-state index is 9.72. The van der Waals surface area contributed by atoms with Gasteiger partial charge >= 0.3 is 23.9 Å². The largest absolute Gasteiger partial charge is 0.481 e. The Hall–Kier alpha value is -2.28. The van der Waals surface area contributed by atoms with E-state index in [1.807, 2.05) is 0 Å². The van der Waals surface area contributed by atoms with Crippen molar-refractivity contribution in [2.75, 3.05) is 39.3 Å². The van der Waals surface area contributed by atoms with Crippen molar-refractivity contribution in [3.8, 4) is 0 Å². The molecule has 2 atom stereocenters. The van der Waals surface area contributed by atoms with E-state index in [0.29, 0.717) is 10.8 Å². The van der Waals surface area contributed by atoms with Gasteiger partial charge in [0.05, 0.1) is 12.8 Å². The number of carboxylic acids is 4. The summed E-state index contributed by atoms with van der Waals surface area (Å²) in [6.07, 6.45) is 9.52. The van der Waals surface area contributed by atoms with E-state index in [2.05, 4.69) is 37.5 Å². The van der Waals surface area contributed by atoms with Crippen molar-refractivity contribution >= 4 is 23.9 Å². The molecule has 2 unspecified atom stereocenters. The van der Waals surface area contributed by atoms with Gasteiger partial charge in [-0.2, -0.15) is 0 Å². The third kappa shape index (κ3) is 15.8. The minimum Gasteiger partial charge on any atom is -0.481 e. The van der Waals surface area contributed by atoms with Crippen LogP contribution in [0.2, 0.25) is 0 Å². The van der Waals surface area contributed by atoms with E-state index in [1.165, 1.54) is 103 Å². The molecule has 2 rings (SSSR count). The van der Waals surface area contributed by atoms with Crippen LogP contribution in [-0.2, 0) is 19.2 Å². The smallest absolute Gasteiger partial charge is 0.333 e. The van der Waals surface area contributed by atoms with Crippen molar-refractivity contribution in [1.82, 2.24) is 9.80 Å². The minimum atomic E-state index is -1.79. The maximum Gasteiger partial charge on any atom is 0.333 e. The molecular weight excluding hydrogens is 548 g/mol. The van der Waals surface area contributed by atoms with Gasteiger partial charge in [-0.1, -0.05) is 40.5 Å². The number of likely N-dealkylation sites (tertiary alicyclic amines) is 1. The van der Waals surface area contributed by atoms with E-state index in [9.17, 15) is 19.2 Å². The van der Waals surface area contributed by atoms with Gasteiger partial charge in [0.15, 0.2) is 12.2 Å². The number of rotatable bonds is 16. The average molecular weight is 605 g/mol. The van der Waals surface area contributed by atoms with Crippen LogP contribution < -0.4 is 0 Å². The highest BCUT2D eigenvalue weighted by Gasteiger charge is 2.44. The molecule has 12 nitrogen and oxygen atoms in total. The number of carbonyl (C=O) groups is 4. The third-order valence-corrected chi connectivity index (χ3v) is 8.60. The molecule has 0 aromatic heterocycles. The van der Waals surface area contributed by atoms with Gasteiger partial charge in [-0.25, -0.2) is 9.59 Å². The van der Waals surface area contributed by atoms with Crippen molar-refractivity contribution in [3.05, 3.63) is 0 Å². The normalized spacial score (nSPS) is 18.7. The summed E-state index contributed by atoms with van der Waals surface area (Å²) in [7, 11) is 0. The van der Waals surface area contributed by atoms with Gasteiger partial charge in [-0.05, 0) is 94.9 Å². The first kappa shape index (κ1) is 39.7. The molecule has 0 bridgehead atoms. The Morgan fingerprint density at radius 3 is 1.52 bits per heavy atom. The number of aliphatic hydroxyl groups excluding tert-OH is 2. The first-order valence-corrected chi connectivity index (χ1v) is 15.4. The fraction of sp³-hybridized carbons (Fsp3) is 0.867. The Kier molecular flexibility index (Phi) is 19.5. The molecule has 0 amide bonds. The van der Waals surface area contributed by atoms with E-state index in [-0.39, 0.29) is 0 Å². The summed E-state index contributed by atoms with van der Waals surface area (Å²) in [6.45, 7) is 17.1. The topological polar surface area (TPSA) is 196 Å². The van der Waals surface area contributed by atoms with Gasteiger partial charge < -0.3 is 40.4 Å². The summed E-state index contributed by atoms with van der Waals surface area (Å²) in [5, 5.41) is 48.3. The zero-order valence-corrected chi connectivity index (χ0v) is 26.1. The molecule has 1 saturated heterocycles. The van der Waals surface area contributed by atoms with Crippen LogP contribution in [-0.4, -0.2) is 116 Å². The van der Waals surface area contributed by atoms with E-state index in [0.717, 1.165) is 0 Å². The second-order valence-corrected chi connectivity index (χ2v) is 11.8. The van der Waals surface area contributed by atoms with Crippen LogP contribution in [0.5, 0.6) is 0 Å². The van der Waals surface area contributed by atoms with E-state index >= 15 is 0 Å². The lowest BCUT2D eigenvalue weighted by Gasteiger charge is -2.45. The maximum atomic E-state index is 9.72. The highest BCUT2D eigenvalue weighted by Crippen LogP contribution is 2.53. The molecule has 1 aliphatic heterocycles. The predicted molar refractivity (Wildman–Crippen MR) is 158 cm³/mol. The van der Waals surface area contributed by atoms with Gasteiger partial charge in [-0.3, -0.25) is 9.59 Å². The monoisotopic (exact) mass is 604 g/mol. The third-order valence-electron chi connectivity index (χ3n) is 8.60. The number of hydrogen-bond donors (Lipinski definition) is 6. The molecule has 1 heterocycles. The quantitative estimate of drug-likeness (QED) is 0.150. The van der Waals surface area contributed by atoms with Gasteiger partial charge in [0, 0.05) is 6.54 Å². The predicted octanol–water partition coefficient (Wildman–Crippen LogP) is 3.38. The van der Waals surface area contributed by atoms with E-state index in [4.69, 9.17) is 30.6 Å². The molecule has 246 valence electrons. The first-order chi connectivity index (χ1) is 19.7. The zero-order chi connectivity index (χ0) is 32.3. The lowest BCUT2D eigenvalue weighted by molar-refractivity contribution is -0.153. The Labute approximate surface area is 250 Å². The highest BCUT2D eigenvalue weighted by molar-refractivity contribution is 5.79. The van der Waals surface area contributed by atoms with Crippen LogP contribution in [0.4, 0.5) is 0 Å². The summed E-state index contributed by atoms with van der Waals surface area (Å²) >= 11 is 0. The Morgan fingerprint density at radius 1 is 0.738 bits per heavy atom. The zero-order valence-electron chi connectivity index (χ0n) is 26.1. The van der Waals surface area contributed by atoms with Gasteiger partial charge in [0.2, 0.25) is 0 Å². The van der Waals surface area contributed by atoms with Crippen molar-refractivity contribution in [2.24, 2.45) is 10.8 Å². The summed E-state index contributed by atoms with van der Waals surface area (Å²) in [6, 6.07) is 0. The fourth-order valence-corrected chi connectivity index (χ4v) is 6.19. The second-order valence-electron chi connectivity index (χ2n) is 11.8. The Bertz CT molecular complexity index is 770. The number of carboxylic acid groups (broad SMARTS) is 4. The molecule has 0 aromatic rings. The molecule has 0 radical (unpaired) electrons. The molecule has 6 N–H and O–H groups in total. The van der Waals surface area contributed by atoms with Crippen molar-refractivity contribution in [2.45, 2.75) is 117 Å². The van der Waals surface area contributed by atoms with Crippen LogP contribution in [0.3, 0.4) is 0 Å². The van der Waals surface area contributed by atoms with E-state index in [1.54, 1.807) is 0 Å². The first-order valence-electron chi connectivity index (χ1n) is 15.4. The Morgan fingerprint density at radius 2 is 1.19 bits per heavy atom. The van der Waals surface area contributed by atoms with Crippen LogP contribution in [0.15, 0.2) is 0 Å². The lowest BCUT2D eigenvalue weighted by Crippen LogP contribution is -2.37. The van der Waals surface area contributed by atoms with Crippen LogP contribution in [0.1, 0.15) is 105 Å². The second kappa shape index (κ2) is 20.6. The van der Waals surface area contributed by atoms with Crippen molar-refractivity contribution < 1.29 is 49.8 Å². The molecule has 1 aliphatic carbocycles.